The molecule has 0 aromatic heterocycles. The molecule has 1 fully saturated rings. The summed E-state index contributed by atoms with van der Waals surface area (Å²) in [5.74, 6) is 1.20. The molecule has 0 aliphatic carbocycles. The van der Waals surface area contributed by atoms with E-state index in [1.165, 1.54) is 0 Å². The minimum absolute atomic E-state index is 0.126. The summed E-state index contributed by atoms with van der Waals surface area (Å²) in [6.45, 7) is 4.19. The second-order valence-corrected chi connectivity index (χ2v) is 4.62. The van der Waals surface area contributed by atoms with Gasteiger partial charge in [-0.25, -0.2) is 0 Å². The monoisotopic (exact) mass is 248 g/mol. The van der Waals surface area contributed by atoms with Gasteiger partial charge in [0, 0.05) is 24.7 Å². The summed E-state index contributed by atoms with van der Waals surface area (Å²) in [4.78, 5) is 12.2. The lowest BCUT2D eigenvalue weighted by Gasteiger charge is -2.20. The van der Waals surface area contributed by atoms with Crippen LogP contribution in [0, 0.1) is 5.92 Å². The molecule has 18 heavy (non-hydrogen) atoms. The third kappa shape index (κ3) is 3.33. The zero-order chi connectivity index (χ0) is 12.8. The largest absolute Gasteiger partial charge is 0.494 e. The van der Waals surface area contributed by atoms with Crippen LogP contribution in [-0.2, 0) is 4.74 Å². The molecule has 1 aliphatic rings. The molecule has 3 nitrogen and oxygen atoms in total. The van der Waals surface area contributed by atoms with Gasteiger partial charge in [0.1, 0.15) is 5.75 Å². The molecule has 0 radical (unpaired) electrons. The van der Waals surface area contributed by atoms with Crippen molar-refractivity contribution in [2.24, 2.45) is 5.92 Å². The van der Waals surface area contributed by atoms with Gasteiger partial charge < -0.3 is 9.47 Å². The second-order valence-electron chi connectivity index (χ2n) is 4.62. The van der Waals surface area contributed by atoms with Crippen LogP contribution in [0.25, 0.3) is 0 Å². The maximum atomic E-state index is 12.2. The number of rotatable bonds is 5. The fraction of sp³-hybridized carbons (Fsp3) is 0.533. The predicted molar refractivity (Wildman–Crippen MR) is 70.1 cm³/mol. The number of ether oxygens (including phenoxy) is 2. The molecule has 3 heteroatoms. The zero-order valence-electron chi connectivity index (χ0n) is 10.9. The molecular weight excluding hydrogens is 228 g/mol. The fourth-order valence-corrected chi connectivity index (χ4v) is 2.13. The Kier molecular flexibility index (Phi) is 4.76. The van der Waals surface area contributed by atoms with Crippen molar-refractivity contribution in [1.82, 2.24) is 0 Å². The quantitative estimate of drug-likeness (QED) is 0.751. The number of hydrogen-bond acceptors (Lipinski definition) is 3. The Hall–Kier alpha value is -1.35. The van der Waals surface area contributed by atoms with Gasteiger partial charge in [0.15, 0.2) is 5.78 Å². The van der Waals surface area contributed by atoms with E-state index < -0.39 is 0 Å². The van der Waals surface area contributed by atoms with Crippen molar-refractivity contribution >= 4 is 5.78 Å². The van der Waals surface area contributed by atoms with Crippen LogP contribution in [0.1, 0.15) is 36.5 Å². The standard InChI is InChI=1S/C15H20O3/c1-2-9-18-14-5-3-12(4-6-14)15(16)13-7-10-17-11-8-13/h3-6,13H,2,7-11H2,1H3. The van der Waals surface area contributed by atoms with Crippen LogP contribution in [0.15, 0.2) is 24.3 Å². The van der Waals surface area contributed by atoms with Gasteiger partial charge in [0.2, 0.25) is 0 Å². The number of hydrogen-bond donors (Lipinski definition) is 0. The van der Waals surface area contributed by atoms with Gasteiger partial charge in [-0.1, -0.05) is 6.92 Å². The van der Waals surface area contributed by atoms with Gasteiger partial charge in [0.25, 0.3) is 0 Å². The van der Waals surface area contributed by atoms with Crippen molar-refractivity contribution in [3.05, 3.63) is 29.8 Å². The van der Waals surface area contributed by atoms with Crippen LogP contribution in [0.5, 0.6) is 5.75 Å². The Morgan fingerprint density at radius 3 is 2.56 bits per heavy atom. The van der Waals surface area contributed by atoms with Crippen LogP contribution < -0.4 is 4.74 Å². The summed E-state index contributed by atoms with van der Waals surface area (Å²) < 4.78 is 10.8. The van der Waals surface area contributed by atoms with Gasteiger partial charge in [0.05, 0.1) is 6.61 Å². The fourth-order valence-electron chi connectivity index (χ4n) is 2.13. The smallest absolute Gasteiger partial charge is 0.166 e. The average molecular weight is 248 g/mol. The van der Waals surface area contributed by atoms with Gasteiger partial charge in [-0.15, -0.1) is 0 Å². The van der Waals surface area contributed by atoms with E-state index in [4.69, 9.17) is 9.47 Å². The van der Waals surface area contributed by atoms with Gasteiger partial charge in [-0.05, 0) is 43.5 Å². The van der Waals surface area contributed by atoms with Gasteiger partial charge >= 0.3 is 0 Å². The van der Waals surface area contributed by atoms with Crippen LogP contribution in [-0.4, -0.2) is 25.6 Å². The first kappa shape index (κ1) is 13.1. The summed E-state index contributed by atoms with van der Waals surface area (Å²) in [5, 5.41) is 0. The minimum Gasteiger partial charge on any atom is -0.494 e. The molecule has 98 valence electrons. The number of benzene rings is 1. The van der Waals surface area contributed by atoms with Crippen molar-refractivity contribution < 1.29 is 14.3 Å². The zero-order valence-corrected chi connectivity index (χ0v) is 10.9. The molecule has 0 amide bonds. The highest BCUT2D eigenvalue weighted by Crippen LogP contribution is 2.21. The topological polar surface area (TPSA) is 35.5 Å². The maximum absolute atomic E-state index is 12.2. The van der Waals surface area contributed by atoms with Gasteiger partial charge in [-0.2, -0.15) is 0 Å². The molecule has 1 aromatic carbocycles. The summed E-state index contributed by atoms with van der Waals surface area (Å²) in [6.07, 6.45) is 2.67. The van der Waals surface area contributed by atoms with Crippen molar-refractivity contribution in [2.45, 2.75) is 26.2 Å². The van der Waals surface area contributed by atoms with Crippen LogP contribution in [0.2, 0.25) is 0 Å². The maximum Gasteiger partial charge on any atom is 0.166 e. The molecule has 1 aromatic rings. The number of Topliss-reactive ketones (excluding diaryl/α,β-unsaturated/α-hetero) is 1. The highest BCUT2D eigenvalue weighted by Gasteiger charge is 2.22. The normalized spacial score (nSPS) is 16.5. The van der Waals surface area contributed by atoms with Crippen molar-refractivity contribution in [2.75, 3.05) is 19.8 Å². The average Bonchev–Trinajstić information content (AvgIpc) is 2.46. The summed E-state index contributed by atoms with van der Waals surface area (Å²) in [5.41, 5.74) is 0.783. The van der Waals surface area contributed by atoms with E-state index in [2.05, 4.69) is 6.92 Å². The summed E-state index contributed by atoms with van der Waals surface area (Å²) >= 11 is 0. The van der Waals surface area contributed by atoms with Crippen molar-refractivity contribution in [3.63, 3.8) is 0 Å². The van der Waals surface area contributed by atoms with Crippen LogP contribution >= 0.6 is 0 Å². The van der Waals surface area contributed by atoms with E-state index in [0.29, 0.717) is 19.8 Å². The highest BCUT2D eigenvalue weighted by atomic mass is 16.5. The number of ketones is 1. The minimum atomic E-state index is 0.126. The van der Waals surface area contributed by atoms with E-state index in [-0.39, 0.29) is 11.7 Å². The lowest BCUT2D eigenvalue weighted by molar-refractivity contribution is 0.0545. The SMILES string of the molecule is CCCOc1ccc(C(=O)C2CCOCC2)cc1. The number of carbonyl (C=O) groups is 1. The molecule has 1 saturated heterocycles. The van der Waals surface area contributed by atoms with Crippen LogP contribution in [0.4, 0.5) is 0 Å². The van der Waals surface area contributed by atoms with E-state index in [1.807, 2.05) is 24.3 Å². The van der Waals surface area contributed by atoms with Gasteiger partial charge in [-0.3, -0.25) is 4.79 Å². The first-order chi connectivity index (χ1) is 8.81. The first-order valence-corrected chi connectivity index (χ1v) is 6.66. The van der Waals surface area contributed by atoms with E-state index in [9.17, 15) is 4.79 Å². The Morgan fingerprint density at radius 2 is 1.94 bits per heavy atom. The Balaban J connectivity index is 1.97. The first-order valence-electron chi connectivity index (χ1n) is 6.66. The molecule has 0 N–H and O–H groups in total. The summed E-state index contributed by atoms with van der Waals surface area (Å²) in [6, 6.07) is 7.48. The molecular formula is C15H20O3. The molecule has 1 heterocycles. The predicted octanol–water partition coefficient (Wildman–Crippen LogP) is 3.08. The van der Waals surface area contributed by atoms with Crippen molar-refractivity contribution in [1.29, 1.82) is 0 Å². The molecule has 0 unspecified atom stereocenters. The third-order valence-corrected chi connectivity index (χ3v) is 3.20. The Labute approximate surface area is 108 Å². The Bertz CT molecular complexity index is 377. The second kappa shape index (κ2) is 6.55. The van der Waals surface area contributed by atoms with E-state index in [0.717, 1.165) is 30.6 Å². The summed E-state index contributed by atoms with van der Waals surface area (Å²) in [7, 11) is 0. The molecule has 0 bridgehead atoms. The molecule has 1 aliphatic heterocycles. The lowest BCUT2D eigenvalue weighted by atomic mass is 9.91. The molecule has 0 spiro atoms. The molecule has 0 saturated carbocycles. The molecule has 0 atom stereocenters. The van der Waals surface area contributed by atoms with Crippen molar-refractivity contribution in [3.8, 4) is 5.75 Å². The molecule has 2 rings (SSSR count). The Morgan fingerprint density at radius 1 is 1.28 bits per heavy atom. The van der Waals surface area contributed by atoms with Crippen LogP contribution in [0.3, 0.4) is 0 Å². The van der Waals surface area contributed by atoms with E-state index in [1.54, 1.807) is 0 Å². The highest BCUT2D eigenvalue weighted by molar-refractivity contribution is 5.98. The third-order valence-electron chi connectivity index (χ3n) is 3.20. The van der Waals surface area contributed by atoms with E-state index >= 15 is 0 Å². The number of carbonyl (C=O) groups excluding carboxylic acids is 1. The lowest BCUT2D eigenvalue weighted by Crippen LogP contribution is -2.23.